The first kappa shape index (κ1) is 20.8. The number of esters is 2. The van der Waals surface area contributed by atoms with Crippen LogP contribution in [0.2, 0.25) is 0 Å². The number of hydrogen-bond donors (Lipinski definition) is 1. The molecule has 1 heterocycles. The van der Waals surface area contributed by atoms with Crippen LogP contribution in [0.3, 0.4) is 0 Å². The lowest BCUT2D eigenvalue weighted by molar-refractivity contribution is -0.156. The van der Waals surface area contributed by atoms with Crippen LogP contribution in [0.5, 0.6) is 0 Å². The van der Waals surface area contributed by atoms with Crippen LogP contribution in [0.4, 0.5) is 0 Å². The van der Waals surface area contributed by atoms with Crippen LogP contribution < -0.4 is 0 Å². The van der Waals surface area contributed by atoms with E-state index in [1.807, 2.05) is 0 Å². The molecule has 1 N–H and O–H groups in total. The van der Waals surface area contributed by atoms with Gasteiger partial charge in [0.15, 0.2) is 5.78 Å². The van der Waals surface area contributed by atoms with Gasteiger partial charge in [0, 0.05) is 24.1 Å². The third kappa shape index (κ3) is 5.67. The van der Waals surface area contributed by atoms with E-state index in [1.54, 1.807) is 13.8 Å². The smallest absolute Gasteiger partial charge is 0.331 e. The Kier molecular flexibility index (Phi) is 7.29. The van der Waals surface area contributed by atoms with Gasteiger partial charge in [-0.05, 0) is 19.8 Å². The van der Waals surface area contributed by atoms with Crippen molar-refractivity contribution in [1.82, 2.24) is 4.90 Å². The van der Waals surface area contributed by atoms with Crippen molar-refractivity contribution < 1.29 is 33.8 Å². The van der Waals surface area contributed by atoms with Crippen LogP contribution >= 0.6 is 0 Å². The molecule has 1 rings (SSSR count). The lowest BCUT2D eigenvalue weighted by atomic mass is 9.86. The van der Waals surface area contributed by atoms with Gasteiger partial charge in [0.1, 0.15) is 6.10 Å². The number of Topliss-reactive ketones (excluding diaryl/α,β-unsaturated/α-hetero) is 1. The zero-order chi connectivity index (χ0) is 19.2. The average molecular weight is 355 g/mol. The molecule has 140 valence electrons. The number of hydrogen-bond acceptors (Lipinski definition) is 7. The molecule has 0 aromatic rings. The summed E-state index contributed by atoms with van der Waals surface area (Å²) >= 11 is 0. The quantitative estimate of drug-likeness (QED) is 0.514. The molecular weight excluding hydrogens is 330 g/mol. The number of carbonyl (C=O) groups is 4. The van der Waals surface area contributed by atoms with Gasteiger partial charge in [0.05, 0.1) is 19.8 Å². The highest BCUT2D eigenvalue weighted by molar-refractivity contribution is 5.92. The number of aliphatic hydroxyl groups excluding tert-OH is 1. The first-order valence-electron chi connectivity index (χ1n) is 8.02. The van der Waals surface area contributed by atoms with E-state index >= 15 is 0 Å². The van der Waals surface area contributed by atoms with Crippen molar-refractivity contribution in [3.05, 3.63) is 12.2 Å². The Balaban J connectivity index is 2.66. The average Bonchev–Trinajstić information content (AvgIpc) is 3.06. The summed E-state index contributed by atoms with van der Waals surface area (Å²) in [7, 11) is 1.18. The maximum Gasteiger partial charge on any atom is 0.331 e. The van der Waals surface area contributed by atoms with E-state index in [4.69, 9.17) is 4.74 Å². The van der Waals surface area contributed by atoms with Crippen LogP contribution in [-0.2, 0) is 28.7 Å². The molecule has 1 saturated heterocycles. The predicted octanol–water partition coefficient (Wildman–Crippen LogP) is 0.226. The molecule has 0 saturated carbocycles. The van der Waals surface area contributed by atoms with Crippen molar-refractivity contribution in [2.24, 2.45) is 5.41 Å². The van der Waals surface area contributed by atoms with E-state index in [9.17, 15) is 24.3 Å². The van der Waals surface area contributed by atoms with Crippen LogP contribution in [0.25, 0.3) is 0 Å². The van der Waals surface area contributed by atoms with E-state index < -0.39 is 35.4 Å². The van der Waals surface area contributed by atoms with Crippen LogP contribution in [0, 0.1) is 5.41 Å². The second kappa shape index (κ2) is 8.75. The maximum atomic E-state index is 12.5. The van der Waals surface area contributed by atoms with Crippen molar-refractivity contribution in [3.8, 4) is 0 Å². The van der Waals surface area contributed by atoms with Gasteiger partial charge in [-0.1, -0.05) is 13.8 Å². The van der Waals surface area contributed by atoms with Gasteiger partial charge in [-0.2, -0.15) is 0 Å². The molecule has 1 aliphatic heterocycles. The van der Waals surface area contributed by atoms with E-state index in [-0.39, 0.29) is 12.4 Å². The Labute approximate surface area is 146 Å². The minimum atomic E-state index is -1.43. The third-order valence-electron chi connectivity index (χ3n) is 4.12. The molecule has 25 heavy (non-hydrogen) atoms. The van der Waals surface area contributed by atoms with E-state index in [2.05, 4.69) is 4.74 Å². The molecule has 1 amide bonds. The lowest BCUT2D eigenvalue weighted by Crippen LogP contribution is -2.51. The molecule has 0 unspecified atom stereocenters. The van der Waals surface area contributed by atoms with E-state index in [1.165, 1.54) is 18.9 Å². The zero-order valence-electron chi connectivity index (χ0n) is 15.0. The summed E-state index contributed by atoms with van der Waals surface area (Å²) in [5, 5.41) is 10.4. The molecule has 0 aromatic carbocycles. The molecule has 8 nitrogen and oxygen atoms in total. The van der Waals surface area contributed by atoms with Crippen LogP contribution in [0.1, 0.15) is 33.6 Å². The summed E-state index contributed by atoms with van der Waals surface area (Å²) in [5.41, 5.74) is -1.06. The minimum absolute atomic E-state index is 0.116. The number of methoxy groups -OCH3 is 1. The Hall–Kier alpha value is -2.22. The predicted molar refractivity (Wildman–Crippen MR) is 87.3 cm³/mol. The van der Waals surface area contributed by atoms with Gasteiger partial charge >= 0.3 is 11.9 Å². The SMILES string of the molecule is COC(=O)/C=C/C(=O)OCC(C)(C)[C@@H](O)C(=O)N1CCC[C@H]1C(C)=O. The highest BCUT2D eigenvalue weighted by Gasteiger charge is 2.41. The largest absolute Gasteiger partial charge is 0.466 e. The number of ether oxygens (including phenoxy) is 2. The summed E-state index contributed by atoms with van der Waals surface area (Å²) in [6.07, 6.45) is 1.68. The van der Waals surface area contributed by atoms with Gasteiger partial charge in [-0.15, -0.1) is 0 Å². The fraction of sp³-hybridized carbons (Fsp3) is 0.647. The number of carbonyl (C=O) groups excluding carboxylic acids is 4. The molecule has 0 aromatic heterocycles. The first-order chi connectivity index (χ1) is 11.6. The van der Waals surface area contributed by atoms with Crippen molar-refractivity contribution in [2.75, 3.05) is 20.3 Å². The molecule has 2 atom stereocenters. The molecule has 1 aliphatic rings. The summed E-state index contributed by atoms with van der Waals surface area (Å²) < 4.78 is 9.33. The van der Waals surface area contributed by atoms with Crippen molar-refractivity contribution in [1.29, 1.82) is 0 Å². The van der Waals surface area contributed by atoms with Gasteiger partial charge in [0.25, 0.3) is 5.91 Å². The molecule has 0 bridgehead atoms. The van der Waals surface area contributed by atoms with Crippen molar-refractivity contribution in [3.63, 3.8) is 0 Å². The number of nitrogens with zero attached hydrogens (tertiary/aromatic N) is 1. The van der Waals surface area contributed by atoms with Crippen molar-refractivity contribution >= 4 is 23.6 Å². The highest BCUT2D eigenvalue weighted by atomic mass is 16.5. The molecule has 0 aliphatic carbocycles. The van der Waals surface area contributed by atoms with Gasteiger partial charge in [-0.3, -0.25) is 9.59 Å². The first-order valence-corrected chi connectivity index (χ1v) is 8.02. The van der Waals surface area contributed by atoms with Crippen molar-refractivity contribution in [2.45, 2.75) is 45.8 Å². The van der Waals surface area contributed by atoms with Gasteiger partial charge in [-0.25, -0.2) is 9.59 Å². The fourth-order valence-corrected chi connectivity index (χ4v) is 2.53. The van der Waals surface area contributed by atoms with Crippen LogP contribution in [-0.4, -0.2) is 66.0 Å². The monoisotopic (exact) mass is 355 g/mol. The third-order valence-corrected chi connectivity index (χ3v) is 4.12. The number of amides is 1. The summed E-state index contributed by atoms with van der Waals surface area (Å²) in [5.74, 6) is -2.16. The molecule has 0 spiro atoms. The summed E-state index contributed by atoms with van der Waals surface area (Å²) in [4.78, 5) is 48.0. The Morgan fingerprint density at radius 3 is 2.40 bits per heavy atom. The van der Waals surface area contributed by atoms with Gasteiger partial charge < -0.3 is 19.5 Å². The summed E-state index contributed by atoms with van der Waals surface area (Å²) in [6.45, 7) is 4.75. The number of likely N-dealkylation sites (tertiary alicyclic amines) is 1. The number of ketones is 1. The van der Waals surface area contributed by atoms with Crippen LogP contribution in [0.15, 0.2) is 12.2 Å². The standard InChI is InChI=1S/C17H25NO7/c1-11(19)12-6-5-9-18(12)16(23)15(22)17(2,3)10-25-14(21)8-7-13(20)24-4/h7-8,12,15,22H,5-6,9-10H2,1-4H3/b8-7+/t12-,15-/m0/s1. The number of rotatable bonds is 7. The minimum Gasteiger partial charge on any atom is -0.466 e. The molecule has 0 radical (unpaired) electrons. The van der Waals surface area contributed by atoms with E-state index in [0.717, 1.165) is 12.2 Å². The Morgan fingerprint density at radius 1 is 1.24 bits per heavy atom. The second-order valence-corrected chi connectivity index (χ2v) is 6.66. The Morgan fingerprint density at radius 2 is 1.84 bits per heavy atom. The summed E-state index contributed by atoms with van der Waals surface area (Å²) in [6, 6.07) is -0.511. The molecule has 1 fully saturated rings. The van der Waals surface area contributed by atoms with Gasteiger partial charge in [0.2, 0.25) is 0 Å². The number of aliphatic hydroxyl groups is 1. The lowest BCUT2D eigenvalue weighted by Gasteiger charge is -2.33. The molecular formula is C17H25NO7. The Bertz CT molecular complexity index is 567. The highest BCUT2D eigenvalue weighted by Crippen LogP contribution is 2.27. The maximum absolute atomic E-state index is 12.5. The fourth-order valence-electron chi connectivity index (χ4n) is 2.53. The second-order valence-electron chi connectivity index (χ2n) is 6.66. The normalized spacial score (nSPS) is 18.9. The topological polar surface area (TPSA) is 110 Å². The zero-order valence-corrected chi connectivity index (χ0v) is 15.0. The molecule has 8 heteroatoms. The van der Waals surface area contributed by atoms with E-state index in [0.29, 0.717) is 19.4 Å².